The molecule has 0 spiro atoms. The van der Waals surface area contributed by atoms with Crippen LogP contribution >= 0.6 is 23.1 Å². The topological polar surface area (TPSA) is 78.0 Å². The van der Waals surface area contributed by atoms with Gasteiger partial charge in [0.25, 0.3) is 5.56 Å². The zero-order chi connectivity index (χ0) is 17.9. The van der Waals surface area contributed by atoms with Gasteiger partial charge in [-0.1, -0.05) is 17.8 Å². The molecule has 0 aromatic carbocycles. The van der Waals surface area contributed by atoms with Crippen LogP contribution in [0.2, 0.25) is 0 Å². The lowest BCUT2D eigenvalue weighted by atomic mass is 10.3. The molecule has 0 saturated carbocycles. The van der Waals surface area contributed by atoms with Crippen LogP contribution < -0.4 is 5.56 Å². The summed E-state index contributed by atoms with van der Waals surface area (Å²) in [6.45, 7) is 2.71. The fourth-order valence-corrected chi connectivity index (χ4v) is 4.07. The first-order chi connectivity index (χ1) is 12.7. The third kappa shape index (κ3) is 3.68. The highest BCUT2D eigenvalue weighted by Gasteiger charge is 2.10. The van der Waals surface area contributed by atoms with Gasteiger partial charge in [-0.25, -0.2) is 9.67 Å². The van der Waals surface area contributed by atoms with Crippen LogP contribution in [0, 0.1) is 6.92 Å². The molecule has 26 heavy (non-hydrogen) atoms. The smallest absolute Gasteiger partial charge is 0.258 e. The molecule has 0 aliphatic carbocycles. The Bertz CT molecular complexity index is 1090. The van der Waals surface area contributed by atoms with Gasteiger partial charge in [0.15, 0.2) is 0 Å². The molecule has 0 unspecified atom stereocenters. The summed E-state index contributed by atoms with van der Waals surface area (Å²) in [6.07, 6.45) is 2.65. The molecular weight excluding hydrogens is 368 g/mol. The zero-order valence-corrected chi connectivity index (χ0v) is 15.7. The Labute approximate surface area is 157 Å². The Hall–Kier alpha value is -2.52. The zero-order valence-electron chi connectivity index (χ0n) is 14.1. The van der Waals surface area contributed by atoms with Crippen molar-refractivity contribution in [2.75, 3.05) is 0 Å². The van der Waals surface area contributed by atoms with E-state index in [1.54, 1.807) is 32.7 Å². The first-order valence-electron chi connectivity index (χ1n) is 8.09. The number of fused-ring (bicyclic) bond motifs is 1. The third-order valence-corrected chi connectivity index (χ3v) is 5.80. The quantitative estimate of drug-likeness (QED) is 0.476. The summed E-state index contributed by atoms with van der Waals surface area (Å²) >= 11 is 3.21. The molecule has 4 heterocycles. The van der Waals surface area contributed by atoms with Crippen molar-refractivity contribution in [1.29, 1.82) is 0 Å². The van der Waals surface area contributed by atoms with Gasteiger partial charge in [-0.05, 0) is 46.5 Å². The predicted octanol–water partition coefficient (Wildman–Crippen LogP) is 2.59. The van der Waals surface area contributed by atoms with Crippen LogP contribution in [0.1, 0.15) is 16.1 Å². The number of pyridine rings is 1. The van der Waals surface area contributed by atoms with Crippen LogP contribution in [0.4, 0.5) is 0 Å². The molecule has 0 bridgehead atoms. The van der Waals surface area contributed by atoms with Crippen LogP contribution in [-0.4, -0.2) is 29.6 Å². The lowest BCUT2D eigenvalue weighted by Crippen LogP contribution is -2.15. The van der Waals surface area contributed by atoms with Crippen molar-refractivity contribution in [3.63, 3.8) is 0 Å². The molecule has 9 heteroatoms. The fraction of sp³-hybridized carbons (Fsp3) is 0.235. The van der Waals surface area contributed by atoms with E-state index in [0.717, 1.165) is 29.4 Å². The molecule has 0 radical (unpaired) electrons. The standard InChI is InChI=1S/C17H16N6OS2/c1-12-4-6-22-15(9-12)18-13(10-16(22)24)11-26-17-19-20-21-23(17)7-5-14-3-2-8-25-14/h2-4,6,8-10H,5,7,11H2,1H3. The number of hydrogen-bond donors (Lipinski definition) is 0. The van der Waals surface area contributed by atoms with Crippen molar-refractivity contribution in [3.8, 4) is 0 Å². The number of nitrogens with zero attached hydrogens (tertiary/aromatic N) is 6. The predicted molar refractivity (Wildman–Crippen MR) is 102 cm³/mol. The van der Waals surface area contributed by atoms with Crippen molar-refractivity contribution in [2.24, 2.45) is 0 Å². The van der Waals surface area contributed by atoms with Crippen LogP contribution in [0.15, 0.2) is 51.9 Å². The van der Waals surface area contributed by atoms with Gasteiger partial charge in [0, 0.05) is 29.3 Å². The molecular formula is C17H16N6OS2. The number of hydrogen-bond acceptors (Lipinski definition) is 7. The van der Waals surface area contributed by atoms with Crippen LogP contribution in [-0.2, 0) is 18.7 Å². The lowest BCUT2D eigenvalue weighted by Gasteiger charge is -2.05. The maximum atomic E-state index is 12.2. The van der Waals surface area contributed by atoms with Gasteiger partial charge in [0.2, 0.25) is 5.16 Å². The highest BCUT2D eigenvalue weighted by atomic mass is 32.2. The number of thiophene rings is 1. The molecule has 7 nitrogen and oxygen atoms in total. The number of rotatable bonds is 6. The summed E-state index contributed by atoms with van der Waals surface area (Å²) < 4.78 is 3.34. The van der Waals surface area contributed by atoms with Gasteiger partial charge >= 0.3 is 0 Å². The monoisotopic (exact) mass is 384 g/mol. The van der Waals surface area contributed by atoms with Crippen molar-refractivity contribution < 1.29 is 0 Å². The maximum Gasteiger partial charge on any atom is 0.258 e. The minimum Gasteiger partial charge on any atom is -0.269 e. The van der Waals surface area contributed by atoms with Crippen molar-refractivity contribution in [2.45, 2.75) is 30.8 Å². The largest absolute Gasteiger partial charge is 0.269 e. The molecule has 0 aliphatic rings. The highest BCUT2D eigenvalue weighted by molar-refractivity contribution is 7.98. The second kappa shape index (κ2) is 7.38. The Balaban J connectivity index is 1.48. The molecule has 0 fully saturated rings. The van der Waals surface area contributed by atoms with E-state index in [4.69, 9.17) is 0 Å². The van der Waals surface area contributed by atoms with Crippen molar-refractivity contribution in [3.05, 3.63) is 68.4 Å². The lowest BCUT2D eigenvalue weighted by molar-refractivity contribution is 0.550. The van der Waals surface area contributed by atoms with Crippen LogP contribution in [0.25, 0.3) is 5.65 Å². The molecule has 4 aromatic heterocycles. The van der Waals surface area contributed by atoms with Crippen molar-refractivity contribution in [1.82, 2.24) is 29.6 Å². The fourth-order valence-electron chi connectivity index (χ4n) is 2.58. The Morgan fingerprint density at radius 3 is 3.04 bits per heavy atom. The van der Waals surface area contributed by atoms with E-state index in [-0.39, 0.29) is 5.56 Å². The number of aromatic nitrogens is 6. The normalized spacial score (nSPS) is 11.3. The van der Waals surface area contributed by atoms with Crippen molar-refractivity contribution >= 4 is 28.7 Å². The highest BCUT2D eigenvalue weighted by Crippen LogP contribution is 2.19. The summed E-state index contributed by atoms with van der Waals surface area (Å²) in [7, 11) is 0. The van der Waals surface area contributed by atoms with E-state index in [2.05, 4.69) is 32.0 Å². The van der Waals surface area contributed by atoms with E-state index >= 15 is 0 Å². The summed E-state index contributed by atoms with van der Waals surface area (Å²) in [5.41, 5.74) is 2.37. The molecule has 4 aromatic rings. The van der Waals surface area contributed by atoms with Gasteiger partial charge in [-0.3, -0.25) is 9.20 Å². The minimum absolute atomic E-state index is 0.0807. The Morgan fingerprint density at radius 2 is 2.19 bits per heavy atom. The second-order valence-corrected chi connectivity index (χ2v) is 7.80. The summed E-state index contributed by atoms with van der Waals surface area (Å²) in [5, 5.41) is 14.7. The molecule has 0 amide bonds. The SMILES string of the molecule is Cc1ccn2c(=O)cc(CSc3nnnn3CCc3cccs3)nc2c1. The van der Waals surface area contributed by atoms with E-state index in [0.29, 0.717) is 11.4 Å². The molecule has 0 saturated heterocycles. The van der Waals surface area contributed by atoms with Gasteiger partial charge in [-0.15, -0.1) is 16.4 Å². The molecule has 0 atom stereocenters. The first kappa shape index (κ1) is 16.9. The van der Waals surface area contributed by atoms with Gasteiger partial charge in [-0.2, -0.15) is 0 Å². The summed E-state index contributed by atoms with van der Waals surface area (Å²) in [5.74, 6) is 0.541. The average Bonchev–Trinajstić information content (AvgIpc) is 3.29. The van der Waals surface area contributed by atoms with Gasteiger partial charge in [0.1, 0.15) is 5.65 Å². The summed E-state index contributed by atoms with van der Waals surface area (Å²) in [4.78, 5) is 18.1. The van der Waals surface area contributed by atoms with Gasteiger partial charge in [0.05, 0.1) is 12.2 Å². The average molecular weight is 384 g/mol. The second-order valence-electron chi connectivity index (χ2n) is 5.82. The Kier molecular flexibility index (Phi) is 4.81. The van der Waals surface area contributed by atoms with E-state index in [1.165, 1.54) is 16.6 Å². The van der Waals surface area contributed by atoms with Crippen LogP contribution in [0.5, 0.6) is 0 Å². The van der Waals surface area contributed by atoms with Gasteiger partial charge < -0.3 is 0 Å². The van der Waals surface area contributed by atoms with E-state index in [9.17, 15) is 4.79 Å². The van der Waals surface area contributed by atoms with Crippen LogP contribution in [0.3, 0.4) is 0 Å². The number of tetrazole rings is 1. The molecule has 0 aliphatic heterocycles. The maximum absolute atomic E-state index is 12.2. The van der Waals surface area contributed by atoms with E-state index < -0.39 is 0 Å². The minimum atomic E-state index is -0.0807. The molecule has 132 valence electrons. The number of thioether (sulfide) groups is 1. The summed E-state index contributed by atoms with van der Waals surface area (Å²) in [6, 6.07) is 9.51. The Morgan fingerprint density at radius 1 is 1.27 bits per heavy atom. The molecule has 4 rings (SSSR count). The van der Waals surface area contributed by atoms with E-state index in [1.807, 2.05) is 25.1 Å². The number of aryl methyl sites for hydroxylation is 3. The third-order valence-electron chi connectivity index (χ3n) is 3.87. The first-order valence-corrected chi connectivity index (χ1v) is 9.96. The molecule has 0 N–H and O–H groups in total.